The quantitative estimate of drug-likeness (QED) is 0.842. The van der Waals surface area contributed by atoms with E-state index in [0.29, 0.717) is 6.10 Å². The van der Waals surface area contributed by atoms with Gasteiger partial charge in [-0.05, 0) is 57.1 Å². The molecule has 24 heavy (non-hydrogen) atoms. The molecule has 1 amide bonds. The number of thiophene rings is 1. The second-order valence-corrected chi connectivity index (χ2v) is 8.30. The number of amides is 1. The molecule has 132 valence electrons. The summed E-state index contributed by atoms with van der Waals surface area (Å²) in [6, 6.07) is 0. The molecule has 0 N–H and O–H groups in total. The lowest BCUT2D eigenvalue weighted by molar-refractivity contribution is 0.0704. The highest BCUT2D eigenvalue weighted by Gasteiger charge is 2.27. The molecule has 1 atom stereocenters. The number of hydrogen-bond acceptors (Lipinski definition) is 4. The lowest BCUT2D eigenvalue weighted by Crippen LogP contribution is -2.37. The van der Waals surface area contributed by atoms with Gasteiger partial charge in [-0.15, -0.1) is 11.3 Å². The molecule has 2 aliphatic heterocycles. The maximum atomic E-state index is 13.0. The van der Waals surface area contributed by atoms with Crippen LogP contribution in [0, 0.1) is 0 Å². The summed E-state index contributed by atoms with van der Waals surface area (Å²) in [6.07, 6.45) is 8.66. The van der Waals surface area contributed by atoms with E-state index in [2.05, 4.69) is 15.2 Å². The average Bonchev–Trinajstić information content (AvgIpc) is 3.20. The van der Waals surface area contributed by atoms with E-state index in [0.717, 1.165) is 57.7 Å². The van der Waals surface area contributed by atoms with Gasteiger partial charge in [-0.3, -0.25) is 9.69 Å². The van der Waals surface area contributed by atoms with Gasteiger partial charge < -0.3 is 9.64 Å². The standard InChI is InChI=1S/C19H28N2O2S/c22-19(17-14-24-18-7-2-1-6-16(17)18)21-9-4-8-20(10-11-21)13-15-5-3-12-23-15/h14-15H,1-13H2/t15-/m1/s1. The highest BCUT2D eigenvalue weighted by atomic mass is 32.1. The summed E-state index contributed by atoms with van der Waals surface area (Å²) in [5, 5.41) is 2.12. The molecular weight excluding hydrogens is 320 g/mol. The second-order valence-electron chi connectivity index (χ2n) is 7.34. The monoisotopic (exact) mass is 348 g/mol. The first-order valence-corrected chi connectivity index (χ1v) is 10.4. The molecule has 0 saturated carbocycles. The van der Waals surface area contributed by atoms with Crippen molar-refractivity contribution in [2.45, 2.75) is 51.0 Å². The van der Waals surface area contributed by atoms with E-state index < -0.39 is 0 Å². The van der Waals surface area contributed by atoms with Gasteiger partial charge >= 0.3 is 0 Å². The van der Waals surface area contributed by atoms with Crippen molar-refractivity contribution in [2.24, 2.45) is 0 Å². The van der Waals surface area contributed by atoms with Crippen LogP contribution in [-0.2, 0) is 17.6 Å². The first-order valence-electron chi connectivity index (χ1n) is 9.54. The Hall–Kier alpha value is -0.910. The zero-order valence-corrected chi connectivity index (χ0v) is 15.3. The van der Waals surface area contributed by atoms with Crippen LogP contribution in [0.25, 0.3) is 0 Å². The summed E-state index contributed by atoms with van der Waals surface area (Å²) in [5.41, 5.74) is 2.36. The minimum Gasteiger partial charge on any atom is -0.377 e. The lowest BCUT2D eigenvalue weighted by atomic mass is 9.95. The van der Waals surface area contributed by atoms with E-state index in [1.165, 1.54) is 42.5 Å². The first kappa shape index (κ1) is 16.6. The Bertz CT molecular complexity index is 580. The van der Waals surface area contributed by atoms with Gasteiger partial charge in [0.25, 0.3) is 5.91 Å². The van der Waals surface area contributed by atoms with Crippen LogP contribution >= 0.6 is 11.3 Å². The third-order valence-corrected chi connectivity index (χ3v) is 6.74. The van der Waals surface area contributed by atoms with Crippen molar-refractivity contribution in [3.05, 3.63) is 21.4 Å². The molecule has 1 aliphatic carbocycles. The molecule has 4 nitrogen and oxygen atoms in total. The van der Waals surface area contributed by atoms with Crippen LogP contribution in [-0.4, -0.2) is 61.1 Å². The van der Waals surface area contributed by atoms with Crippen LogP contribution in [0.4, 0.5) is 0 Å². The Morgan fingerprint density at radius 2 is 2.04 bits per heavy atom. The van der Waals surface area contributed by atoms with Gasteiger partial charge in [0.05, 0.1) is 11.7 Å². The number of hydrogen-bond donors (Lipinski definition) is 0. The summed E-state index contributed by atoms with van der Waals surface area (Å²) in [5.74, 6) is 0.272. The van der Waals surface area contributed by atoms with Gasteiger partial charge in [-0.2, -0.15) is 0 Å². The zero-order valence-electron chi connectivity index (χ0n) is 14.5. The first-order chi connectivity index (χ1) is 11.8. The number of ether oxygens (including phenoxy) is 1. The van der Waals surface area contributed by atoms with Gasteiger partial charge in [0.15, 0.2) is 0 Å². The molecule has 0 unspecified atom stereocenters. The third-order valence-electron chi connectivity index (χ3n) is 5.65. The molecule has 2 fully saturated rings. The number of carbonyl (C=O) groups is 1. The summed E-state index contributed by atoms with van der Waals surface area (Å²) >= 11 is 1.80. The molecule has 4 rings (SSSR count). The number of carbonyl (C=O) groups excluding carboxylic acids is 1. The maximum Gasteiger partial charge on any atom is 0.255 e. The van der Waals surface area contributed by atoms with Crippen LogP contribution in [0.5, 0.6) is 0 Å². The van der Waals surface area contributed by atoms with E-state index in [4.69, 9.17) is 4.74 Å². The molecule has 2 saturated heterocycles. The lowest BCUT2D eigenvalue weighted by Gasteiger charge is -2.24. The van der Waals surface area contributed by atoms with Gasteiger partial charge in [0.2, 0.25) is 0 Å². The van der Waals surface area contributed by atoms with Crippen molar-refractivity contribution in [2.75, 3.05) is 39.3 Å². The van der Waals surface area contributed by atoms with Crippen molar-refractivity contribution >= 4 is 17.2 Å². The molecule has 3 heterocycles. The number of nitrogens with zero attached hydrogens (tertiary/aromatic N) is 2. The van der Waals surface area contributed by atoms with Crippen LogP contribution < -0.4 is 0 Å². The number of rotatable bonds is 3. The van der Waals surface area contributed by atoms with Gasteiger partial charge in [-0.25, -0.2) is 0 Å². The predicted molar refractivity (Wildman–Crippen MR) is 96.9 cm³/mol. The largest absolute Gasteiger partial charge is 0.377 e. The maximum absolute atomic E-state index is 13.0. The molecule has 1 aromatic heterocycles. The van der Waals surface area contributed by atoms with Crippen molar-refractivity contribution in [3.63, 3.8) is 0 Å². The minimum absolute atomic E-state index is 0.272. The molecule has 0 bridgehead atoms. The molecule has 0 radical (unpaired) electrons. The number of fused-ring (bicyclic) bond motifs is 1. The topological polar surface area (TPSA) is 32.8 Å². The van der Waals surface area contributed by atoms with E-state index in [1.54, 1.807) is 11.3 Å². The molecular formula is C19H28N2O2S. The predicted octanol–water partition coefficient (Wildman–Crippen LogP) is 2.95. The SMILES string of the molecule is O=C(c1csc2c1CCCC2)N1CCCN(C[C@H]2CCCO2)CC1. The Labute approximate surface area is 148 Å². The fourth-order valence-corrected chi connectivity index (χ4v) is 5.40. The summed E-state index contributed by atoms with van der Waals surface area (Å²) < 4.78 is 5.77. The van der Waals surface area contributed by atoms with E-state index in [-0.39, 0.29) is 5.91 Å². The Kier molecular flexibility index (Phi) is 5.20. The minimum atomic E-state index is 0.272. The van der Waals surface area contributed by atoms with Gasteiger partial charge in [-0.1, -0.05) is 0 Å². The van der Waals surface area contributed by atoms with Crippen molar-refractivity contribution in [1.29, 1.82) is 0 Å². The van der Waals surface area contributed by atoms with Crippen LogP contribution in [0.15, 0.2) is 5.38 Å². The Morgan fingerprint density at radius 1 is 1.12 bits per heavy atom. The molecule has 0 spiro atoms. The normalized spacial score (nSPS) is 25.5. The summed E-state index contributed by atoms with van der Waals surface area (Å²) in [6.45, 7) is 5.78. The highest BCUT2D eigenvalue weighted by molar-refractivity contribution is 7.10. The zero-order chi connectivity index (χ0) is 16.4. The van der Waals surface area contributed by atoms with Crippen LogP contribution in [0.1, 0.15) is 52.9 Å². The molecule has 0 aromatic carbocycles. The van der Waals surface area contributed by atoms with Crippen LogP contribution in [0.2, 0.25) is 0 Å². The van der Waals surface area contributed by atoms with E-state index >= 15 is 0 Å². The van der Waals surface area contributed by atoms with E-state index in [1.807, 2.05) is 0 Å². The van der Waals surface area contributed by atoms with Gasteiger partial charge in [0, 0.05) is 43.0 Å². The third kappa shape index (κ3) is 3.53. The Balaban J connectivity index is 1.38. The smallest absolute Gasteiger partial charge is 0.255 e. The average molecular weight is 349 g/mol. The summed E-state index contributed by atoms with van der Waals surface area (Å²) in [4.78, 5) is 19.1. The number of aryl methyl sites for hydroxylation is 1. The molecule has 1 aromatic rings. The van der Waals surface area contributed by atoms with Crippen molar-refractivity contribution < 1.29 is 9.53 Å². The fraction of sp³-hybridized carbons (Fsp3) is 0.737. The Morgan fingerprint density at radius 3 is 2.92 bits per heavy atom. The van der Waals surface area contributed by atoms with Crippen LogP contribution in [0.3, 0.4) is 0 Å². The second kappa shape index (κ2) is 7.54. The molecule has 3 aliphatic rings. The summed E-state index contributed by atoms with van der Waals surface area (Å²) in [7, 11) is 0. The van der Waals surface area contributed by atoms with Gasteiger partial charge in [0.1, 0.15) is 0 Å². The van der Waals surface area contributed by atoms with E-state index in [9.17, 15) is 4.79 Å². The van der Waals surface area contributed by atoms with Crippen molar-refractivity contribution in [3.8, 4) is 0 Å². The van der Waals surface area contributed by atoms with Crippen molar-refractivity contribution in [1.82, 2.24) is 9.80 Å². The fourth-order valence-electron chi connectivity index (χ4n) is 4.28. The molecule has 5 heteroatoms. The highest BCUT2D eigenvalue weighted by Crippen LogP contribution is 2.31.